The van der Waals surface area contributed by atoms with Crippen LogP contribution >= 0.6 is 0 Å². The Balaban J connectivity index is 4.01. The van der Waals surface area contributed by atoms with E-state index in [-0.39, 0.29) is 6.04 Å². The highest BCUT2D eigenvalue weighted by atomic mass is 19.4. The zero-order valence-corrected chi connectivity index (χ0v) is 11.1. The molecule has 0 heterocycles. The van der Waals surface area contributed by atoms with E-state index >= 15 is 0 Å². The fourth-order valence-electron chi connectivity index (χ4n) is 1.85. The molecule has 0 aliphatic carbocycles. The molecular weight excluding hydrogens is 229 g/mol. The van der Waals surface area contributed by atoms with Crippen LogP contribution in [-0.4, -0.2) is 43.3 Å². The fraction of sp³-hybridized carbons (Fsp3) is 1.00. The average Bonchev–Trinajstić information content (AvgIpc) is 2.21. The van der Waals surface area contributed by atoms with Crippen molar-refractivity contribution in [1.82, 2.24) is 10.2 Å². The first-order chi connectivity index (χ1) is 7.90. The fourth-order valence-corrected chi connectivity index (χ4v) is 1.85. The summed E-state index contributed by atoms with van der Waals surface area (Å²) in [6.07, 6.45) is -1.60. The lowest BCUT2D eigenvalue weighted by molar-refractivity contribution is -0.150. The third-order valence-electron chi connectivity index (χ3n) is 2.74. The summed E-state index contributed by atoms with van der Waals surface area (Å²) in [6, 6.07) is -0.00442. The van der Waals surface area contributed by atoms with Gasteiger partial charge in [-0.05, 0) is 45.8 Å². The van der Waals surface area contributed by atoms with Crippen LogP contribution in [0.2, 0.25) is 0 Å². The van der Waals surface area contributed by atoms with E-state index in [1.54, 1.807) is 0 Å². The third kappa shape index (κ3) is 9.41. The highest BCUT2D eigenvalue weighted by molar-refractivity contribution is 4.70. The first kappa shape index (κ1) is 16.7. The molecule has 0 rings (SSSR count). The monoisotopic (exact) mass is 254 g/mol. The van der Waals surface area contributed by atoms with Crippen LogP contribution in [0.5, 0.6) is 0 Å². The van der Waals surface area contributed by atoms with Gasteiger partial charge in [0, 0.05) is 6.04 Å². The Morgan fingerprint density at radius 3 is 2.35 bits per heavy atom. The lowest BCUT2D eigenvalue weighted by Gasteiger charge is -2.29. The molecule has 0 radical (unpaired) electrons. The van der Waals surface area contributed by atoms with Crippen molar-refractivity contribution in [2.75, 3.05) is 26.2 Å². The summed E-state index contributed by atoms with van der Waals surface area (Å²) in [5.41, 5.74) is 0. The summed E-state index contributed by atoms with van der Waals surface area (Å²) < 4.78 is 37.1. The number of halogens is 3. The molecule has 104 valence electrons. The van der Waals surface area contributed by atoms with Gasteiger partial charge in [0.05, 0.1) is 6.54 Å². The van der Waals surface area contributed by atoms with Crippen molar-refractivity contribution in [3.63, 3.8) is 0 Å². The number of nitrogens with zero attached hydrogens (tertiary/aromatic N) is 1. The van der Waals surface area contributed by atoms with Gasteiger partial charge in [0.25, 0.3) is 0 Å². The standard InChI is InChI=1S/C12H25F3N2/c1-4-9-17(10-12(13,14)15)11(3)7-6-8-16-5-2/h11,16H,4-10H2,1-3H3. The first-order valence-electron chi connectivity index (χ1n) is 6.42. The quantitative estimate of drug-likeness (QED) is 0.636. The Labute approximate surface area is 103 Å². The van der Waals surface area contributed by atoms with Gasteiger partial charge in [-0.15, -0.1) is 0 Å². The molecular formula is C12H25F3N2. The molecule has 0 saturated carbocycles. The van der Waals surface area contributed by atoms with Crippen LogP contribution < -0.4 is 5.32 Å². The maximum atomic E-state index is 12.4. The van der Waals surface area contributed by atoms with E-state index in [2.05, 4.69) is 5.32 Å². The number of hydrogen-bond acceptors (Lipinski definition) is 2. The van der Waals surface area contributed by atoms with E-state index in [1.807, 2.05) is 20.8 Å². The predicted molar refractivity (Wildman–Crippen MR) is 65.2 cm³/mol. The number of hydrogen-bond donors (Lipinski definition) is 1. The zero-order valence-electron chi connectivity index (χ0n) is 11.1. The summed E-state index contributed by atoms with van der Waals surface area (Å²) in [5.74, 6) is 0. The molecule has 0 spiro atoms. The van der Waals surface area contributed by atoms with Gasteiger partial charge in [0.1, 0.15) is 0 Å². The van der Waals surface area contributed by atoms with Crippen molar-refractivity contribution in [1.29, 1.82) is 0 Å². The zero-order chi connectivity index (χ0) is 13.3. The highest BCUT2D eigenvalue weighted by Crippen LogP contribution is 2.19. The SMILES string of the molecule is CCCN(CC(F)(F)F)C(C)CCCNCC. The second-order valence-corrected chi connectivity index (χ2v) is 4.43. The average molecular weight is 254 g/mol. The summed E-state index contributed by atoms with van der Waals surface area (Å²) >= 11 is 0. The lowest BCUT2D eigenvalue weighted by atomic mass is 10.1. The van der Waals surface area contributed by atoms with E-state index in [1.165, 1.54) is 4.90 Å². The number of alkyl halides is 3. The van der Waals surface area contributed by atoms with Crippen LogP contribution in [0.3, 0.4) is 0 Å². The van der Waals surface area contributed by atoms with Gasteiger partial charge in [-0.25, -0.2) is 0 Å². The maximum absolute atomic E-state index is 12.4. The molecule has 0 aromatic rings. The largest absolute Gasteiger partial charge is 0.401 e. The predicted octanol–water partition coefficient (Wildman–Crippen LogP) is 3.04. The van der Waals surface area contributed by atoms with Crippen molar-refractivity contribution < 1.29 is 13.2 Å². The third-order valence-corrected chi connectivity index (χ3v) is 2.74. The Bertz CT molecular complexity index is 183. The molecule has 17 heavy (non-hydrogen) atoms. The Morgan fingerprint density at radius 2 is 1.88 bits per heavy atom. The summed E-state index contributed by atoms with van der Waals surface area (Å²) in [4.78, 5) is 1.53. The van der Waals surface area contributed by atoms with E-state index in [9.17, 15) is 13.2 Å². The van der Waals surface area contributed by atoms with E-state index < -0.39 is 12.7 Å². The van der Waals surface area contributed by atoms with E-state index in [0.717, 1.165) is 32.4 Å². The second kappa shape index (κ2) is 8.75. The molecule has 0 bridgehead atoms. The normalized spacial score (nSPS) is 14.3. The molecule has 0 aromatic heterocycles. The Kier molecular flexibility index (Phi) is 8.60. The molecule has 5 heteroatoms. The topological polar surface area (TPSA) is 15.3 Å². The van der Waals surface area contributed by atoms with Crippen LogP contribution in [-0.2, 0) is 0 Å². The van der Waals surface area contributed by atoms with Gasteiger partial charge in [0.15, 0.2) is 0 Å². The molecule has 0 amide bonds. The molecule has 1 atom stereocenters. The molecule has 0 saturated heterocycles. The van der Waals surface area contributed by atoms with Crippen LogP contribution in [0.15, 0.2) is 0 Å². The van der Waals surface area contributed by atoms with Gasteiger partial charge in [-0.3, -0.25) is 4.90 Å². The number of nitrogens with one attached hydrogen (secondary N) is 1. The Hall–Kier alpha value is -0.290. The second-order valence-electron chi connectivity index (χ2n) is 4.43. The Morgan fingerprint density at radius 1 is 1.24 bits per heavy atom. The van der Waals surface area contributed by atoms with Crippen LogP contribution in [0, 0.1) is 0 Å². The molecule has 1 unspecified atom stereocenters. The smallest absolute Gasteiger partial charge is 0.317 e. The molecule has 0 aliphatic heterocycles. The summed E-state index contributed by atoms with van der Waals surface area (Å²) in [6.45, 7) is 7.34. The molecule has 1 N–H and O–H groups in total. The van der Waals surface area contributed by atoms with E-state index in [4.69, 9.17) is 0 Å². The molecule has 2 nitrogen and oxygen atoms in total. The van der Waals surface area contributed by atoms with Gasteiger partial charge in [-0.2, -0.15) is 13.2 Å². The van der Waals surface area contributed by atoms with Crippen molar-refractivity contribution in [3.8, 4) is 0 Å². The van der Waals surface area contributed by atoms with Crippen molar-refractivity contribution in [2.24, 2.45) is 0 Å². The van der Waals surface area contributed by atoms with Crippen LogP contribution in [0.1, 0.15) is 40.0 Å². The van der Waals surface area contributed by atoms with Crippen molar-refractivity contribution >= 4 is 0 Å². The highest BCUT2D eigenvalue weighted by Gasteiger charge is 2.31. The summed E-state index contributed by atoms with van der Waals surface area (Å²) in [5, 5.41) is 3.18. The van der Waals surface area contributed by atoms with E-state index in [0.29, 0.717) is 6.54 Å². The van der Waals surface area contributed by atoms with Gasteiger partial charge < -0.3 is 5.32 Å². The summed E-state index contributed by atoms with van der Waals surface area (Å²) in [7, 11) is 0. The van der Waals surface area contributed by atoms with Crippen molar-refractivity contribution in [3.05, 3.63) is 0 Å². The lowest BCUT2D eigenvalue weighted by Crippen LogP contribution is -2.41. The minimum absolute atomic E-state index is 0.00442. The van der Waals surface area contributed by atoms with Crippen molar-refractivity contribution in [2.45, 2.75) is 52.3 Å². The minimum atomic E-state index is -4.09. The first-order valence-corrected chi connectivity index (χ1v) is 6.42. The minimum Gasteiger partial charge on any atom is -0.317 e. The van der Waals surface area contributed by atoms with Gasteiger partial charge in [0.2, 0.25) is 0 Å². The number of rotatable bonds is 9. The van der Waals surface area contributed by atoms with Crippen LogP contribution in [0.25, 0.3) is 0 Å². The van der Waals surface area contributed by atoms with Gasteiger partial charge in [-0.1, -0.05) is 13.8 Å². The van der Waals surface area contributed by atoms with Crippen LogP contribution in [0.4, 0.5) is 13.2 Å². The molecule has 0 aliphatic rings. The molecule has 0 aromatic carbocycles. The molecule has 0 fully saturated rings. The maximum Gasteiger partial charge on any atom is 0.401 e. The van der Waals surface area contributed by atoms with Gasteiger partial charge >= 0.3 is 6.18 Å².